The number of phosphoric ester groups is 1. The largest absolute Gasteiger partial charge is 0.481 e. The number of hydrogen-bond donors (Lipinski definition) is 6. The van der Waals surface area contributed by atoms with Gasteiger partial charge in [0.2, 0.25) is 5.82 Å². The van der Waals surface area contributed by atoms with Crippen LogP contribution >= 0.6 is 15.6 Å². The van der Waals surface area contributed by atoms with Gasteiger partial charge >= 0.3 is 15.6 Å². The first kappa shape index (κ1) is 20.1. The van der Waals surface area contributed by atoms with E-state index in [0.717, 1.165) is 11.0 Å². The highest BCUT2D eigenvalue weighted by Crippen LogP contribution is 2.57. The molecule has 1 aliphatic rings. The number of nitrogens with two attached hydrogens (primary N) is 1. The Balaban J connectivity index is 2.03. The molecule has 1 aliphatic heterocycles. The van der Waals surface area contributed by atoms with Crippen LogP contribution in [0, 0.1) is 0 Å². The van der Waals surface area contributed by atoms with Crippen molar-refractivity contribution in [3.63, 3.8) is 0 Å². The van der Waals surface area contributed by atoms with E-state index in [-0.39, 0.29) is 5.82 Å². The number of nitrogens with zero attached hydrogens (tertiary/aromatic N) is 3. The van der Waals surface area contributed by atoms with Crippen molar-refractivity contribution >= 4 is 21.6 Å². The molecule has 1 saturated heterocycles. The number of phosphoric acid groups is 2. The first-order chi connectivity index (χ1) is 11.4. The molecule has 142 valence electrons. The lowest BCUT2D eigenvalue weighted by molar-refractivity contribution is -0.0580. The summed E-state index contributed by atoms with van der Waals surface area (Å²) in [5.41, 5.74) is 4.97. The van der Waals surface area contributed by atoms with E-state index in [1.54, 1.807) is 0 Å². The van der Waals surface area contributed by atoms with Gasteiger partial charge in [0.1, 0.15) is 24.6 Å². The normalized spacial score (nSPS) is 29.5. The molecule has 1 aromatic heterocycles. The number of ether oxygens (including phenoxy) is 1. The summed E-state index contributed by atoms with van der Waals surface area (Å²) >= 11 is 0. The van der Waals surface area contributed by atoms with Crippen LogP contribution in [0.5, 0.6) is 0 Å². The van der Waals surface area contributed by atoms with Crippen LogP contribution in [-0.4, -0.2) is 70.5 Å². The maximum absolute atomic E-state index is 11.3. The molecule has 0 spiro atoms. The summed E-state index contributed by atoms with van der Waals surface area (Å²) in [7, 11) is -10.4. The number of rotatable bonds is 7. The summed E-state index contributed by atoms with van der Waals surface area (Å²) < 4.78 is 35.8. The number of carbonyl (C=O) groups is 1. The van der Waals surface area contributed by atoms with E-state index in [2.05, 4.69) is 18.9 Å². The topological polar surface area (TPSA) is 237 Å². The molecule has 7 N–H and O–H groups in total. The molecule has 0 aromatic carbocycles. The van der Waals surface area contributed by atoms with E-state index in [1.165, 1.54) is 0 Å². The minimum atomic E-state index is -5.30. The fourth-order valence-corrected chi connectivity index (χ4v) is 3.52. The number of primary amides is 1. The molecule has 0 radical (unpaired) electrons. The number of carbonyl (C=O) groups excluding carboxylic acids is 1. The number of amides is 1. The maximum atomic E-state index is 11.3. The predicted molar refractivity (Wildman–Crippen MR) is 73.4 cm³/mol. The van der Waals surface area contributed by atoms with Crippen molar-refractivity contribution in [2.45, 2.75) is 24.5 Å². The summed E-state index contributed by atoms with van der Waals surface area (Å²) in [6.07, 6.45) is -4.93. The van der Waals surface area contributed by atoms with Crippen LogP contribution in [-0.2, 0) is 22.7 Å². The third kappa shape index (κ3) is 5.12. The van der Waals surface area contributed by atoms with Crippen LogP contribution in [0.15, 0.2) is 6.33 Å². The third-order valence-electron chi connectivity index (χ3n) is 2.94. The second-order valence-electron chi connectivity index (χ2n) is 4.80. The van der Waals surface area contributed by atoms with Crippen molar-refractivity contribution in [1.29, 1.82) is 0 Å². The minimum absolute atomic E-state index is 0.375. The maximum Gasteiger partial charge on any atom is 0.481 e. The van der Waals surface area contributed by atoms with Gasteiger partial charge in [0.05, 0.1) is 6.61 Å². The summed E-state index contributed by atoms with van der Waals surface area (Å²) in [5, 5.41) is 23.4. The fraction of sp³-hybridized carbons (Fsp3) is 0.625. The highest BCUT2D eigenvalue weighted by molar-refractivity contribution is 7.60. The van der Waals surface area contributed by atoms with Crippen molar-refractivity contribution in [2.24, 2.45) is 5.73 Å². The molecule has 1 fully saturated rings. The molecular weight excluding hydrogens is 390 g/mol. The number of aromatic nitrogens is 3. The van der Waals surface area contributed by atoms with Gasteiger partial charge in [0, 0.05) is 0 Å². The van der Waals surface area contributed by atoms with Crippen molar-refractivity contribution in [1.82, 2.24) is 14.8 Å². The molecule has 1 aromatic rings. The summed E-state index contributed by atoms with van der Waals surface area (Å²) in [6, 6.07) is 0. The standard InChI is InChI=1S/C8H14N4O11P2/c9-6(15)7-10-2-12(11-7)8-5(14)4(13)3(22-8)1-21-25(19,20)23-24(16,17)18/h2-5,8,13-14H,1H2,(H2,9,15)(H,19,20)(H2,16,17,18)/t3-,4-,5+,8+/m0/s1. The monoisotopic (exact) mass is 404 g/mol. The van der Waals surface area contributed by atoms with Crippen molar-refractivity contribution in [2.75, 3.05) is 6.61 Å². The quantitative estimate of drug-likeness (QED) is 0.253. The van der Waals surface area contributed by atoms with Gasteiger partial charge in [-0.25, -0.2) is 18.8 Å². The van der Waals surface area contributed by atoms with Gasteiger partial charge in [0.25, 0.3) is 5.91 Å². The zero-order valence-corrected chi connectivity index (χ0v) is 13.9. The summed E-state index contributed by atoms with van der Waals surface area (Å²) in [4.78, 5) is 40.6. The van der Waals surface area contributed by atoms with Gasteiger partial charge in [-0.05, 0) is 0 Å². The molecule has 0 aliphatic carbocycles. The predicted octanol–water partition coefficient (Wildman–Crippen LogP) is -2.78. The number of aliphatic hydroxyl groups excluding tert-OH is 2. The second-order valence-corrected chi connectivity index (χ2v) is 7.62. The van der Waals surface area contributed by atoms with Crippen LogP contribution in [0.1, 0.15) is 16.8 Å². The Kier molecular flexibility index (Phi) is 5.75. The Bertz CT molecular complexity index is 733. The van der Waals surface area contributed by atoms with E-state index in [1.807, 2.05) is 0 Å². The highest BCUT2D eigenvalue weighted by atomic mass is 31.3. The molecule has 0 bridgehead atoms. The number of hydrogen-bond acceptors (Lipinski definition) is 10. The molecule has 1 unspecified atom stereocenters. The SMILES string of the molecule is NC(=O)c1ncn([C@@H]2O[C@@H](COP(=O)(O)OP(=O)(O)O)[C@H](O)[C@H]2O)n1. The highest BCUT2D eigenvalue weighted by Gasteiger charge is 2.46. The van der Waals surface area contributed by atoms with Crippen LogP contribution < -0.4 is 5.73 Å². The number of aliphatic hydroxyl groups is 2. The van der Waals surface area contributed by atoms with Crippen molar-refractivity contribution in [3.05, 3.63) is 12.2 Å². The van der Waals surface area contributed by atoms with Crippen LogP contribution in [0.25, 0.3) is 0 Å². The van der Waals surface area contributed by atoms with E-state index in [9.17, 15) is 24.1 Å². The van der Waals surface area contributed by atoms with Gasteiger partial charge in [-0.1, -0.05) is 0 Å². The van der Waals surface area contributed by atoms with Crippen LogP contribution in [0.3, 0.4) is 0 Å². The van der Waals surface area contributed by atoms with Crippen molar-refractivity contribution < 1.29 is 52.4 Å². The van der Waals surface area contributed by atoms with Gasteiger partial charge in [-0.2, -0.15) is 4.31 Å². The average Bonchev–Trinajstić information content (AvgIpc) is 3.02. The molecule has 17 heteroatoms. The molecule has 2 heterocycles. The smallest absolute Gasteiger partial charge is 0.387 e. The molecule has 5 atom stereocenters. The lowest BCUT2D eigenvalue weighted by Crippen LogP contribution is -2.33. The minimum Gasteiger partial charge on any atom is -0.387 e. The van der Waals surface area contributed by atoms with Gasteiger partial charge in [-0.3, -0.25) is 9.32 Å². The van der Waals surface area contributed by atoms with E-state index < -0.39 is 52.7 Å². The zero-order chi connectivity index (χ0) is 19.0. The molecule has 0 saturated carbocycles. The summed E-state index contributed by atoms with van der Waals surface area (Å²) in [5.74, 6) is -1.32. The average molecular weight is 404 g/mol. The van der Waals surface area contributed by atoms with Crippen LogP contribution in [0.4, 0.5) is 0 Å². The van der Waals surface area contributed by atoms with Gasteiger partial charge < -0.3 is 35.4 Å². The van der Waals surface area contributed by atoms with Crippen LogP contribution in [0.2, 0.25) is 0 Å². The molecule has 2 rings (SSSR count). The van der Waals surface area contributed by atoms with E-state index >= 15 is 0 Å². The van der Waals surface area contributed by atoms with Gasteiger partial charge in [0.15, 0.2) is 6.23 Å². The lowest BCUT2D eigenvalue weighted by atomic mass is 10.1. The Morgan fingerprint density at radius 1 is 1.32 bits per heavy atom. The molecular formula is C8H14N4O11P2. The first-order valence-corrected chi connectivity index (χ1v) is 9.39. The Morgan fingerprint density at radius 2 is 1.96 bits per heavy atom. The fourth-order valence-electron chi connectivity index (χ4n) is 1.92. The Labute approximate surface area is 138 Å². The van der Waals surface area contributed by atoms with E-state index in [0.29, 0.717) is 0 Å². The summed E-state index contributed by atoms with van der Waals surface area (Å²) in [6.45, 7) is -0.861. The second kappa shape index (κ2) is 7.17. The molecule has 15 nitrogen and oxygen atoms in total. The molecule has 25 heavy (non-hydrogen) atoms. The zero-order valence-electron chi connectivity index (χ0n) is 12.1. The third-order valence-corrected chi connectivity index (χ3v) is 5.09. The first-order valence-electron chi connectivity index (χ1n) is 6.36. The lowest BCUT2D eigenvalue weighted by Gasteiger charge is -2.17. The Hall–Kier alpha value is -1.25. The van der Waals surface area contributed by atoms with Gasteiger partial charge in [-0.15, -0.1) is 5.10 Å². The Morgan fingerprint density at radius 3 is 2.48 bits per heavy atom. The van der Waals surface area contributed by atoms with Crippen molar-refractivity contribution in [3.8, 4) is 0 Å². The van der Waals surface area contributed by atoms with E-state index in [4.69, 9.17) is 25.2 Å². The molecule has 1 amide bonds.